The quantitative estimate of drug-likeness (QED) is 0.746. The van der Waals surface area contributed by atoms with Gasteiger partial charge in [-0.05, 0) is 41.8 Å². The molecule has 7 heteroatoms. The number of pyridine rings is 1. The van der Waals surface area contributed by atoms with Gasteiger partial charge in [0.05, 0.1) is 30.4 Å². The van der Waals surface area contributed by atoms with E-state index in [2.05, 4.69) is 38.3 Å². The van der Waals surface area contributed by atoms with Crippen LogP contribution in [0.15, 0.2) is 48.8 Å². The van der Waals surface area contributed by atoms with Gasteiger partial charge in [-0.2, -0.15) is 5.26 Å². The van der Waals surface area contributed by atoms with Crippen LogP contribution in [0.1, 0.15) is 16.7 Å². The Morgan fingerprint density at radius 2 is 1.70 bits per heavy atom. The number of fused-ring (bicyclic) bond motifs is 2. The maximum atomic E-state index is 12.4. The van der Waals surface area contributed by atoms with Crippen molar-refractivity contribution >= 4 is 5.91 Å². The zero-order valence-electron chi connectivity index (χ0n) is 17.0. The average molecular weight is 406 g/mol. The molecular weight excluding hydrogens is 378 g/mol. The highest BCUT2D eigenvalue weighted by molar-refractivity contribution is 5.78. The van der Waals surface area contributed by atoms with Crippen LogP contribution in [0.3, 0.4) is 0 Å². The van der Waals surface area contributed by atoms with E-state index in [0.29, 0.717) is 18.7 Å². The van der Waals surface area contributed by atoms with Crippen molar-refractivity contribution in [1.29, 1.82) is 5.26 Å². The molecular formula is C23H27N5O2. The van der Waals surface area contributed by atoms with Gasteiger partial charge in [0.15, 0.2) is 0 Å². The molecule has 3 heterocycles. The lowest BCUT2D eigenvalue weighted by atomic mass is 10.1. The van der Waals surface area contributed by atoms with E-state index in [9.17, 15) is 4.79 Å². The van der Waals surface area contributed by atoms with E-state index >= 15 is 0 Å². The Bertz CT molecular complexity index is 867. The molecule has 2 unspecified atom stereocenters. The van der Waals surface area contributed by atoms with Crippen molar-refractivity contribution in [3.05, 3.63) is 65.5 Å². The second-order valence-electron chi connectivity index (χ2n) is 8.02. The van der Waals surface area contributed by atoms with E-state index in [1.54, 1.807) is 12.1 Å². The number of rotatable bonds is 7. The maximum Gasteiger partial charge on any atom is 0.234 e. The highest BCUT2D eigenvalue weighted by Gasteiger charge is 2.35. The number of carbonyl (C=O) groups is 1. The molecule has 30 heavy (non-hydrogen) atoms. The Kier molecular flexibility index (Phi) is 6.70. The zero-order valence-corrected chi connectivity index (χ0v) is 17.0. The molecule has 0 radical (unpaired) electrons. The molecule has 2 bridgehead atoms. The Morgan fingerprint density at radius 1 is 1.03 bits per heavy atom. The Morgan fingerprint density at radius 3 is 2.37 bits per heavy atom. The minimum absolute atomic E-state index is 0.0221. The first-order chi connectivity index (χ1) is 14.7. The van der Waals surface area contributed by atoms with Crippen LogP contribution in [-0.2, 0) is 22.5 Å². The molecule has 2 saturated heterocycles. The topological polar surface area (TPSA) is 81.5 Å². The monoisotopic (exact) mass is 405 g/mol. The summed E-state index contributed by atoms with van der Waals surface area (Å²) in [5, 5.41) is 11.8. The number of hydrogen-bond acceptors (Lipinski definition) is 6. The van der Waals surface area contributed by atoms with E-state index in [0.717, 1.165) is 44.7 Å². The number of benzene rings is 1. The number of morpholine rings is 2. The van der Waals surface area contributed by atoms with Gasteiger partial charge in [0.2, 0.25) is 5.91 Å². The number of hydrogen-bond donors (Lipinski definition) is 1. The maximum absolute atomic E-state index is 12.4. The van der Waals surface area contributed by atoms with E-state index in [1.807, 2.05) is 24.5 Å². The first kappa shape index (κ1) is 20.5. The molecule has 2 atom stereocenters. The van der Waals surface area contributed by atoms with E-state index in [4.69, 9.17) is 10.00 Å². The molecule has 1 aromatic carbocycles. The van der Waals surface area contributed by atoms with Gasteiger partial charge in [-0.1, -0.05) is 12.1 Å². The number of amides is 1. The van der Waals surface area contributed by atoms with Crippen LogP contribution in [0.25, 0.3) is 0 Å². The van der Waals surface area contributed by atoms with E-state index in [1.165, 1.54) is 5.56 Å². The fraction of sp³-hybridized carbons (Fsp3) is 0.435. The minimum Gasteiger partial charge on any atom is -0.370 e. The van der Waals surface area contributed by atoms with Gasteiger partial charge >= 0.3 is 0 Å². The Balaban J connectivity index is 1.20. The van der Waals surface area contributed by atoms with Gasteiger partial charge in [0.1, 0.15) is 0 Å². The van der Waals surface area contributed by atoms with Crippen LogP contribution < -0.4 is 5.32 Å². The van der Waals surface area contributed by atoms with E-state index in [-0.39, 0.29) is 18.1 Å². The van der Waals surface area contributed by atoms with Gasteiger partial charge in [-0.15, -0.1) is 0 Å². The van der Waals surface area contributed by atoms with Gasteiger partial charge in [-0.25, -0.2) is 0 Å². The summed E-state index contributed by atoms with van der Waals surface area (Å²) in [5.41, 5.74) is 2.92. The third-order valence-electron chi connectivity index (χ3n) is 5.64. The highest BCUT2D eigenvalue weighted by Crippen LogP contribution is 2.19. The Hall–Kier alpha value is -2.79. The SMILES string of the molecule is N#Cc1ccc(CNC(=O)CN2CC3CN(CCc4ccncc4)CC(C2)O3)cc1. The summed E-state index contributed by atoms with van der Waals surface area (Å²) in [6.45, 7) is 5.27. The fourth-order valence-corrected chi connectivity index (χ4v) is 4.17. The molecule has 2 aliphatic rings. The molecule has 1 N–H and O–H groups in total. The third-order valence-corrected chi connectivity index (χ3v) is 5.64. The van der Waals surface area contributed by atoms with Crippen molar-refractivity contribution in [2.45, 2.75) is 25.2 Å². The summed E-state index contributed by atoms with van der Waals surface area (Å²) in [5.74, 6) is 0.0221. The van der Waals surface area contributed by atoms with Crippen molar-refractivity contribution in [2.24, 2.45) is 0 Å². The summed E-state index contributed by atoms with van der Waals surface area (Å²) in [6.07, 6.45) is 5.01. The van der Waals surface area contributed by atoms with Crippen LogP contribution in [0.4, 0.5) is 0 Å². The second kappa shape index (κ2) is 9.81. The molecule has 7 nitrogen and oxygen atoms in total. The first-order valence-corrected chi connectivity index (χ1v) is 10.4. The number of ether oxygens (including phenoxy) is 1. The van der Waals surface area contributed by atoms with Crippen LogP contribution in [0.2, 0.25) is 0 Å². The lowest BCUT2D eigenvalue weighted by Gasteiger charge is -2.45. The number of nitriles is 1. The van der Waals surface area contributed by atoms with Gasteiger partial charge in [-0.3, -0.25) is 19.6 Å². The lowest BCUT2D eigenvalue weighted by molar-refractivity contribution is -0.144. The molecule has 0 aliphatic carbocycles. The summed E-state index contributed by atoms with van der Waals surface area (Å²) >= 11 is 0. The van der Waals surface area contributed by atoms with Crippen molar-refractivity contribution in [3.8, 4) is 6.07 Å². The largest absolute Gasteiger partial charge is 0.370 e. The summed E-state index contributed by atoms with van der Waals surface area (Å²) in [7, 11) is 0. The number of nitrogens with one attached hydrogen (secondary N) is 1. The standard InChI is InChI=1S/C23H27N5O2/c24-11-19-1-3-20(4-2-19)12-26-23(29)17-28-15-21-13-27(14-22(16-28)30-21)10-7-18-5-8-25-9-6-18/h1-6,8-9,21-22H,7,10,12-17H2,(H,26,29). The molecule has 1 aromatic heterocycles. The zero-order chi connectivity index (χ0) is 20.8. The minimum atomic E-state index is 0.0221. The van der Waals surface area contributed by atoms with Crippen molar-refractivity contribution in [2.75, 3.05) is 39.3 Å². The fourth-order valence-electron chi connectivity index (χ4n) is 4.17. The predicted molar refractivity (Wildman–Crippen MR) is 112 cm³/mol. The first-order valence-electron chi connectivity index (χ1n) is 10.4. The molecule has 0 saturated carbocycles. The second-order valence-corrected chi connectivity index (χ2v) is 8.02. The molecule has 2 aromatic rings. The lowest BCUT2D eigenvalue weighted by Crippen LogP contribution is -2.60. The molecule has 2 aliphatic heterocycles. The van der Waals surface area contributed by atoms with E-state index < -0.39 is 0 Å². The predicted octanol–water partition coefficient (Wildman–Crippen LogP) is 1.20. The molecule has 0 spiro atoms. The average Bonchev–Trinajstić information content (AvgIpc) is 2.77. The van der Waals surface area contributed by atoms with Crippen LogP contribution in [0, 0.1) is 11.3 Å². The Labute approximate surface area is 177 Å². The third kappa shape index (κ3) is 5.63. The smallest absolute Gasteiger partial charge is 0.234 e. The van der Waals surface area contributed by atoms with Crippen LogP contribution in [-0.4, -0.2) is 72.2 Å². The normalized spacial score (nSPS) is 21.7. The summed E-state index contributed by atoms with van der Waals surface area (Å²) in [6, 6.07) is 13.5. The molecule has 2 fully saturated rings. The van der Waals surface area contributed by atoms with Crippen molar-refractivity contribution < 1.29 is 9.53 Å². The summed E-state index contributed by atoms with van der Waals surface area (Å²) < 4.78 is 6.12. The molecule has 1 amide bonds. The van der Waals surface area contributed by atoms with Gasteiger partial charge in [0, 0.05) is 51.7 Å². The van der Waals surface area contributed by atoms with Crippen LogP contribution >= 0.6 is 0 Å². The highest BCUT2D eigenvalue weighted by atomic mass is 16.5. The van der Waals surface area contributed by atoms with Gasteiger partial charge < -0.3 is 10.1 Å². The number of nitrogens with zero attached hydrogens (tertiary/aromatic N) is 4. The summed E-state index contributed by atoms with van der Waals surface area (Å²) in [4.78, 5) is 21.1. The van der Waals surface area contributed by atoms with Crippen molar-refractivity contribution in [1.82, 2.24) is 20.1 Å². The number of aromatic nitrogens is 1. The molecule has 156 valence electrons. The van der Waals surface area contributed by atoms with Crippen molar-refractivity contribution in [3.63, 3.8) is 0 Å². The molecule has 4 rings (SSSR count). The number of carbonyl (C=O) groups excluding carboxylic acids is 1. The van der Waals surface area contributed by atoms with Gasteiger partial charge in [0.25, 0.3) is 0 Å². The van der Waals surface area contributed by atoms with Crippen LogP contribution in [0.5, 0.6) is 0 Å².